The van der Waals surface area contributed by atoms with E-state index in [1.54, 1.807) is 4.91 Å². The topological polar surface area (TPSA) is 281 Å². The normalized spacial score (nSPS) is 14.7. The number of alkyl halides is 2. The molecule has 0 saturated heterocycles. The van der Waals surface area contributed by atoms with Gasteiger partial charge in [0, 0.05) is 18.8 Å². The molecular formula is C14H19F2N4O14P. The van der Waals surface area contributed by atoms with Crippen LogP contribution in [0.4, 0.5) is 8.78 Å². The van der Waals surface area contributed by atoms with Crippen molar-refractivity contribution in [1.82, 2.24) is 5.32 Å². The average molecular weight is 536 g/mol. The third-order valence-electron chi connectivity index (χ3n) is 3.32. The van der Waals surface area contributed by atoms with E-state index >= 15 is 0 Å². The first-order chi connectivity index (χ1) is 15.9. The zero-order chi connectivity index (χ0) is 27.6. The molecule has 1 amide bonds. The summed E-state index contributed by atoms with van der Waals surface area (Å²) in [6, 6.07) is -4.54. The molecule has 4 atom stereocenters. The number of carbonyl (C=O) groups is 5. The van der Waals surface area contributed by atoms with Crippen LogP contribution in [0.1, 0.15) is 13.8 Å². The number of azide groups is 1. The highest BCUT2D eigenvalue weighted by atomic mass is 31.2. The second-order valence-electron chi connectivity index (χ2n) is 6.16. The molecule has 0 aliphatic rings. The number of ether oxygens (including phenoxy) is 3. The molecule has 0 aromatic rings. The van der Waals surface area contributed by atoms with Gasteiger partial charge in [-0.25, -0.2) is 9.36 Å². The van der Waals surface area contributed by atoms with Crippen molar-refractivity contribution < 1.29 is 76.1 Å². The van der Waals surface area contributed by atoms with E-state index in [1.807, 2.05) is 5.11 Å². The van der Waals surface area contributed by atoms with Crippen LogP contribution < -0.4 is 5.32 Å². The molecule has 0 fully saturated rings. The number of phosphoric acid groups is 1. The lowest BCUT2D eigenvalue weighted by molar-refractivity contribution is -0.195. The van der Waals surface area contributed by atoms with Crippen LogP contribution in [0.2, 0.25) is 0 Å². The minimum Gasteiger partial charge on any atom is -0.461 e. The maximum absolute atomic E-state index is 13.0. The predicted molar refractivity (Wildman–Crippen MR) is 99.3 cm³/mol. The van der Waals surface area contributed by atoms with Crippen molar-refractivity contribution in [2.75, 3.05) is 13.2 Å². The molecule has 0 aliphatic carbocycles. The maximum atomic E-state index is 13.0. The quantitative estimate of drug-likeness (QED) is 0.0317. The minimum absolute atomic E-state index is 0.736. The molecule has 0 saturated carbocycles. The molecule has 0 radical (unpaired) electrons. The minimum atomic E-state index is -5.49. The zero-order valence-corrected chi connectivity index (χ0v) is 18.5. The van der Waals surface area contributed by atoms with Crippen molar-refractivity contribution in [1.29, 1.82) is 0 Å². The van der Waals surface area contributed by atoms with Crippen LogP contribution in [0.25, 0.3) is 10.4 Å². The van der Waals surface area contributed by atoms with Gasteiger partial charge in [0.1, 0.15) is 19.3 Å². The summed E-state index contributed by atoms with van der Waals surface area (Å²) in [6.07, 6.45) is -9.53. The number of halogens is 2. The van der Waals surface area contributed by atoms with Gasteiger partial charge in [-0.2, -0.15) is 8.78 Å². The van der Waals surface area contributed by atoms with E-state index in [0.29, 0.717) is 0 Å². The highest BCUT2D eigenvalue weighted by molar-refractivity contribution is 7.46. The number of amides is 1. The van der Waals surface area contributed by atoms with Gasteiger partial charge < -0.3 is 34.3 Å². The molecule has 21 heteroatoms. The van der Waals surface area contributed by atoms with E-state index in [9.17, 15) is 47.5 Å². The Labute approximate surface area is 192 Å². The van der Waals surface area contributed by atoms with E-state index in [0.717, 1.165) is 13.8 Å². The fraction of sp³-hybridized carbons (Fsp3) is 0.643. The lowest BCUT2D eigenvalue weighted by atomic mass is 10.0. The van der Waals surface area contributed by atoms with Gasteiger partial charge in [0.2, 0.25) is 0 Å². The number of carbonyl (C=O) groups excluding carboxylic acids is 5. The summed E-state index contributed by atoms with van der Waals surface area (Å²) in [5.74, 6) is -8.16. The second-order valence-corrected chi connectivity index (χ2v) is 7.32. The molecule has 0 aromatic carbocycles. The number of phosphoric ester groups is 1. The molecule has 0 spiro atoms. The summed E-state index contributed by atoms with van der Waals surface area (Å²) in [5.41, 5.74) is 7.94. The van der Waals surface area contributed by atoms with Crippen LogP contribution in [0.3, 0.4) is 0 Å². The monoisotopic (exact) mass is 536 g/mol. The van der Waals surface area contributed by atoms with Gasteiger partial charge in [-0.3, -0.25) is 29.0 Å². The van der Waals surface area contributed by atoms with E-state index < -0.39 is 81.2 Å². The Hall–Kier alpha value is -3.41. The Morgan fingerprint density at radius 2 is 1.60 bits per heavy atom. The summed E-state index contributed by atoms with van der Waals surface area (Å²) < 4.78 is 54.2. The van der Waals surface area contributed by atoms with Crippen LogP contribution in [0, 0.1) is 0 Å². The largest absolute Gasteiger partial charge is 0.527 e. The number of aliphatic hydroxyl groups is 2. The third kappa shape index (κ3) is 12.0. The van der Waals surface area contributed by atoms with Crippen molar-refractivity contribution >= 4 is 37.6 Å². The summed E-state index contributed by atoms with van der Waals surface area (Å²) in [5, 5.41) is 23.5. The molecule has 0 unspecified atom stereocenters. The van der Waals surface area contributed by atoms with Crippen LogP contribution in [0.5, 0.6) is 0 Å². The van der Waals surface area contributed by atoms with E-state index in [-0.39, 0.29) is 0 Å². The van der Waals surface area contributed by atoms with Gasteiger partial charge in [0.05, 0.1) is 0 Å². The van der Waals surface area contributed by atoms with E-state index in [1.165, 1.54) is 5.32 Å². The molecule has 0 heterocycles. The maximum Gasteiger partial charge on any atom is 0.527 e. The van der Waals surface area contributed by atoms with Crippen LogP contribution >= 0.6 is 7.82 Å². The van der Waals surface area contributed by atoms with Gasteiger partial charge in [-0.1, -0.05) is 0 Å². The molecular weight excluding hydrogens is 517 g/mol. The van der Waals surface area contributed by atoms with Crippen molar-refractivity contribution in [3.63, 3.8) is 0 Å². The molecule has 0 aromatic heterocycles. The molecule has 0 bridgehead atoms. The van der Waals surface area contributed by atoms with Crippen LogP contribution in [-0.2, 0) is 47.3 Å². The van der Waals surface area contributed by atoms with Gasteiger partial charge in [0.25, 0.3) is 5.91 Å². The third-order valence-corrected chi connectivity index (χ3v) is 3.74. The number of nitrogens with one attached hydrogen (secondary N) is 1. The molecule has 35 heavy (non-hydrogen) atoms. The summed E-state index contributed by atoms with van der Waals surface area (Å²) in [4.78, 5) is 76.3. The van der Waals surface area contributed by atoms with E-state index in [4.69, 9.17) is 15.3 Å². The highest BCUT2D eigenvalue weighted by Gasteiger charge is 2.44. The average Bonchev–Trinajstić information content (AvgIpc) is 2.70. The Morgan fingerprint density at radius 3 is 2.06 bits per heavy atom. The predicted octanol–water partition coefficient (Wildman–Crippen LogP) is -2.23. The molecule has 5 N–H and O–H groups in total. The number of rotatable bonds is 13. The highest BCUT2D eigenvalue weighted by Crippen LogP contribution is 2.36. The van der Waals surface area contributed by atoms with Crippen LogP contribution in [-0.4, -0.2) is 93.4 Å². The number of aliphatic hydroxyl groups excluding tert-OH is 2. The lowest BCUT2D eigenvalue weighted by Crippen LogP contribution is -2.53. The molecule has 198 valence electrons. The van der Waals surface area contributed by atoms with Gasteiger partial charge in [-0.05, 0) is 10.6 Å². The van der Waals surface area contributed by atoms with Crippen molar-refractivity contribution in [3.8, 4) is 0 Å². The first kappa shape index (κ1) is 31.6. The van der Waals surface area contributed by atoms with Crippen LogP contribution in [0.15, 0.2) is 5.11 Å². The second kappa shape index (κ2) is 13.5. The van der Waals surface area contributed by atoms with E-state index in [2.05, 4.69) is 18.7 Å². The van der Waals surface area contributed by atoms with Crippen molar-refractivity contribution in [3.05, 3.63) is 10.4 Å². The SMILES string of the molecule is CC(=O)O[C@H]([C@H](OC(C)=O)[C@@H](O)C(=O)OP(=O)(O)O)[C@H](O)COC(=O)CNC(=O)C(F)(F)N=[N+]=[N-]. The summed E-state index contributed by atoms with van der Waals surface area (Å²) in [7, 11) is -5.49. The summed E-state index contributed by atoms with van der Waals surface area (Å²) in [6.45, 7) is -0.918. The Balaban J connectivity index is 5.47. The van der Waals surface area contributed by atoms with Gasteiger partial charge >= 0.3 is 37.7 Å². The first-order valence-corrected chi connectivity index (χ1v) is 10.3. The Bertz CT molecular complexity index is 921. The smallest absolute Gasteiger partial charge is 0.461 e. The fourth-order valence-corrected chi connectivity index (χ4v) is 2.39. The van der Waals surface area contributed by atoms with Crippen molar-refractivity contribution in [2.45, 2.75) is 44.3 Å². The van der Waals surface area contributed by atoms with Gasteiger partial charge in [-0.15, -0.1) is 0 Å². The lowest BCUT2D eigenvalue weighted by Gasteiger charge is -2.31. The standard InChI is InChI=1S/C14H19F2N4O14P/c1-5(21)32-10(11(33-6(2)22)9(25)12(26)34-35(28,29)30)7(23)4-31-8(24)3-18-13(27)14(15,16)19-20-17/h7,9-11,23,25H,3-4H2,1-2H3,(H,18,27)(H2,28,29,30)/t7-,9-,10+,11-/m1/s1. The van der Waals surface area contributed by atoms with Crippen molar-refractivity contribution in [2.24, 2.45) is 5.11 Å². The number of hydrogen-bond donors (Lipinski definition) is 5. The molecule has 0 rings (SSSR count). The molecule has 0 aliphatic heterocycles. The molecule has 18 nitrogen and oxygen atoms in total. The van der Waals surface area contributed by atoms with Gasteiger partial charge in [0.15, 0.2) is 18.3 Å². The summed E-state index contributed by atoms with van der Waals surface area (Å²) >= 11 is 0. The number of nitrogens with zero attached hydrogens (tertiary/aromatic N) is 3. The Morgan fingerprint density at radius 1 is 1.09 bits per heavy atom. The zero-order valence-electron chi connectivity index (χ0n) is 17.6. The Kier molecular flexibility index (Phi) is 12.2. The first-order valence-electron chi connectivity index (χ1n) is 8.78. The fourth-order valence-electron chi connectivity index (χ4n) is 2.05. The number of esters is 3. The number of hydrogen-bond acceptors (Lipinski definition) is 13.